The van der Waals surface area contributed by atoms with Crippen LogP contribution in [-0.2, 0) is 26.4 Å². The average Bonchev–Trinajstić information content (AvgIpc) is 2.96. The summed E-state index contributed by atoms with van der Waals surface area (Å²) in [6.45, 7) is 2.33. The molecule has 0 bridgehead atoms. The number of carbonyl (C=O) groups excluding carboxylic acids is 2. The number of nitrogens with zero attached hydrogens (tertiary/aromatic N) is 3. The maximum atomic E-state index is 14.1. The van der Waals surface area contributed by atoms with Gasteiger partial charge in [-0.2, -0.15) is 0 Å². The van der Waals surface area contributed by atoms with Crippen molar-refractivity contribution in [2.24, 2.45) is 5.16 Å². The summed E-state index contributed by atoms with van der Waals surface area (Å²) in [5.41, 5.74) is 3.25. The van der Waals surface area contributed by atoms with Crippen molar-refractivity contribution in [3.63, 3.8) is 0 Å². The van der Waals surface area contributed by atoms with Crippen molar-refractivity contribution >= 4 is 17.5 Å². The molecule has 0 radical (unpaired) electrons. The first kappa shape index (κ1) is 24.8. The summed E-state index contributed by atoms with van der Waals surface area (Å²) in [6, 6.07) is 29.9. The van der Waals surface area contributed by atoms with Crippen LogP contribution in [0.2, 0.25) is 0 Å². The van der Waals surface area contributed by atoms with Gasteiger partial charge in [-0.05, 0) is 29.5 Å². The van der Waals surface area contributed by atoms with Crippen molar-refractivity contribution in [1.29, 1.82) is 0 Å². The van der Waals surface area contributed by atoms with Crippen molar-refractivity contribution < 1.29 is 14.4 Å². The molecular formula is C31H33N3O3. The lowest BCUT2D eigenvalue weighted by molar-refractivity contribution is -0.145. The van der Waals surface area contributed by atoms with Crippen molar-refractivity contribution in [1.82, 2.24) is 9.80 Å². The van der Waals surface area contributed by atoms with Crippen LogP contribution in [-0.4, -0.2) is 53.5 Å². The van der Waals surface area contributed by atoms with E-state index in [0.717, 1.165) is 35.2 Å². The minimum Gasteiger partial charge on any atom is -0.391 e. The van der Waals surface area contributed by atoms with E-state index < -0.39 is 5.41 Å². The molecule has 2 aliphatic rings. The van der Waals surface area contributed by atoms with Gasteiger partial charge in [0.05, 0.1) is 17.7 Å². The number of oxime groups is 1. The third-order valence-electron chi connectivity index (χ3n) is 7.45. The molecule has 3 aromatic rings. The standard InChI is InChI=1S/C31H33N3O3/c35-29(33-21-17-28(18-22-33)32-37-24-25-11-4-1-5-12-25)23-34-20-10-19-31(30(34)36,26-13-6-2-7-14-26)27-15-8-3-9-16-27/h1-9,11-16H,10,17-24H2. The zero-order valence-corrected chi connectivity index (χ0v) is 21.1. The van der Waals surface area contributed by atoms with Crippen LogP contribution >= 0.6 is 0 Å². The molecule has 6 heteroatoms. The van der Waals surface area contributed by atoms with E-state index in [4.69, 9.17) is 4.84 Å². The number of likely N-dealkylation sites (tertiary alicyclic amines) is 2. The minimum absolute atomic E-state index is 0.00507. The summed E-state index contributed by atoms with van der Waals surface area (Å²) in [7, 11) is 0. The van der Waals surface area contributed by atoms with E-state index in [9.17, 15) is 9.59 Å². The molecule has 0 aromatic heterocycles. The van der Waals surface area contributed by atoms with Crippen LogP contribution in [0.5, 0.6) is 0 Å². The maximum Gasteiger partial charge on any atom is 0.242 e. The number of benzene rings is 3. The molecule has 190 valence electrons. The third-order valence-corrected chi connectivity index (χ3v) is 7.45. The number of carbonyl (C=O) groups is 2. The average molecular weight is 496 g/mol. The smallest absolute Gasteiger partial charge is 0.242 e. The molecule has 0 N–H and O–H groups in total. The fraction of sp³-hybridized carbons (Fsp3) is 0.323. The Labute approximate surface area is 218 Å². The third kappa shape index (κ3) is 5.43. The highest BCUT2D eigenvalue weighted by Crippen LogP contribution is 2.41. The Kier molecular flexibility index (Phi) is 7.64. The molecule has 2 amide bonds. The molecule has 0 spiro atoms. The van der Waals surface area contributed by atoms with Gasteiger partial charge in [0.2, 0.25) is 11.8 Å². The van der Waals surface area contributed by atoms with Crippen LogP contribution in [0.1, 0.15) is 42.4 Å². The highest BCUT2D eigenvalue weighted by molar-refractivity contribution is 5.95. The Bertz CT molecular complexity index is 1180. The van der Waals surface area contributed by atoms with Crippen molar-refractivity contribution in [3.05, 3.63) is 108 Å². The minimum atomic E-state index is -0.765. The van der Waals surface area contributed by atoms with Crippen LogP contribution in [0.15, 0.2) is 96.2 Å². The van der Waals surface area contributed by atoms with Crippen LogP contribution in [0.4, 0.5) is 0 Å². The monoisotopic (exact) mass is 495 g/mol. The van der Waals surface area contributed by atoms with Crippen LogP contribution in [0.3, 0.4) is 0 Å². The Hall–Kier alpha value is -3.93. The first-order chi connectivity index (χ1) is 18.2. The summed E-state index contributed by atoms with van der Waals surface area (Å²) >= 11 is 0. The molecule has 2 heterocycles. The molecule has 0 atom stereocenters. The fourth-order valence-corrected chi connectivity index (χ4v) is 5.45. The zero-order valence-electron chi connectivity index (χ0n) is 21.1. The van der Waals surface area contributed by atoms with Gasteiger partial charge >= 0.3 is 0 Å². The molecular weight excluding hydrogens is 462 g/mol. The van der Waals surface area contributed by atoms with Crippen LogP contribution in [0.25, 0.3) is 0 Å². The lowest BCUT2D eigenvalue weighted by Gasteiger charge is -2.43. The molecule has 5 rings (SSSR count). The van der Waals surface area contributed by atoms with Crippen molar-refractivity contribution in [2.45, 2.75) is 37.7 Å². The lowest BCUT2D eigenvalue weighted by Crippen LogP contribution is -2.55. The first-order valence-corrected chi connectivity index (χ1v) is 13.1. The van der Waals surface area contributed by atoms with E-state index in [0.29, 0.717) is 39.1 Å². The van der Waals surface area contributed by atoms with E-state index in [-0.39, 0.29) is 18.4 Å². The highest BCUT2D eigenvalue weighted by atomic mass is 16.6. The van der Waals surface area contributed by atoms with E-state index in [1.165, 1.54) is 0 Å². The van der Waals surface area contributed by atoms with Gasteiger partial charge in [-0.1, -0.05) is 96.2 Å². The highest BCUT2D eigenvalue weighted by Gasteiger charge is 2.47. The Morgan fingerprint density at radius 3 is 1.97 bits per heavy atom. The molecule has 2 saturated heterocycles. The Morgan fingerprint density at radius 2 is 1.38 bits per heavy atom. The van der Waals surface area contributed by atoms with Gasteiger partial charge in [0.25, 0.3) is 0 Å². The second-order valence-corrected chi connectivity index (χ2v) is 9.76. The predicted octanol–water partition coefficient (Wildman–Crippen LogP) is 4.79. The largest absolute Gasteiger partial charge is 0.391 e. The summed E-state index contributed by atoms with van der Waals surface area (Å²) in [5, 5.41) is 4.30. The maximum absolute atomic E-state index is 14.1. The number of hydrogen-bond acceptors (Lipinski definition) is 4. The molecule has 0 unspecified atom stereocenters. The number of rotatable bonds is 7. The molecule has 2 fully saturated rings. The zero-order chi connectivity index (χ0) is 25.5. The Balaban J connectivity index is 1.23. The molecule has 37 heavy (non-hydrogen) atoms. The van der Waals surface area contributed by atoms with Gasteiger partial charge in [0.15, 0.2) is 0 Å². The summed E-state index contributed by atoms with van der Waals surface area (Å²) in [6.07, 6.45) is 2.95. The van der Waals surface area contributed by atoms with Gasteiger partial charge in [0, 0.05) is 32.5 Å². The normalized spacial score (nSPS) is 17.4. The van der Waals surface area contributed by atoms with E-state index in [1.54, 1.807) is 4.90 Å². The quantitative estimate of drug-likeness (QED) is 0.443. The topological polar surface area (TPSA) is 62.2 Å². The fourth-order valence-electron chi connectivity index (χ4n) is 5.45. The van der Waals surface area contributed by atoms with Crippen LogP contribution < -0.4 is 0 Å². The Morgan fingerprint density at radius 1 is 0.811 bits per heavy atom. The molecule has 6 nitrogen and oxygen atoms in total. The lowest BCUT2D eigenvalue weighted by atomic mass is 9.68. The first-order valence-electron chi connectivity index (χ1n) is 13.1. The number of hydrogen-bond donors (Lipinski definition) is 0. The number of amides is 2. The summed E-state index contributed by atoms with van der Waals surface area (Å²) < 4.78 is 0. The van der Waals surface area contributed by atoms with Crippen molar-refractivity contribution in [3.8, 4) is 0 Å². The van der Waals surface area contributed by atoms with E-state index in [1.807, 2.05) is 95.9 Å². The molecule has 2 aliphatic heterocycles. The second-order valence-electron chi connectivity index (χ2n) is 9.76. The molecule has 3 aromatic carbocycles. The van der Waals surface area contributed by atoms with Gasteiger partial charge in [-0.15, -0.1) is 0 Å². The summed E-state index contributed by atoms with van der Waals surface area (Å²) in [4.78, 5) is 36.5. The van der Waals surface area contributed by atoms with Crippen molar-refractivity contribution in [2.75, 3.05) is 26.2 Å². The molecule has 0 aliphatic carbocycles. The van der Waals surface area contributed by atoms with Gasteiger partial charge in [-0.3, -0.25) is 9.59 Å². The second kappa shape index (κ2) is 11.4. The van der Waals surface area contributed by atoms with Crippen LogP contribution in [0, 0.1) is 0 Å². The van der Waals surface area contributed by atoms with Gasteiger partial charge < -0.3 is 14.6 Å². The van der Waals surface area contributed by atoms with E-state index in [2.05, 4.69) is 5.16 Å². The van der Waals surface area contributed by atoms with Gasteiger partial charge in [-0.25, -0.2) is 0 Å². The number of piperidine rings is 2. The molecule has 0 saturated carbocycles. The SMILES string of the molecule is O=C(CN1CCCC(c2ccccc2)(c2ccccc2)C1=O)N1CCC(=NOCc2ccccc2)CC1. The summed E-state index contributed by atoms with van der Waals surface area (Å²) in [5.74, 6) is 0.00704. The van der Waals surface area contributed by atoms with E-state index >= 15 is 0 Å². The van der Waals surface area contributed by atoms with Gasteiger partial charge in [0.1, 0.15) is 6.61 Å². The predicted molar refractivity (Wildman–Crippen MR) is 144 cm³/mol.